The molecule has 1 aromatic carbocycles. The topological polar surface area (TPSA) is 50.2 Å². The third kappa shape index (κ3) is 4.09. The first kappa shape index (κ1) is 20.0. The Morgan fingerprint density at radius 3 is 2.04 bits per heavy atom. The number of nitrogens with zero attached hydrogens (tertiary/aromatic N) is 3. The van der Waals surface area contributed by atoms with Crippen LogP contribution in [0.25, 0.3) is 0 Å². The molecule has 0 radical (unpaired) electrons. The highest BCUT2D eigenvalue weighted by atomic mass is 16.1. The van der Waals surface area contributed by atoms with Crippen molar-refractivity contribution in [3.8, 4) is 0 Å². The molecule has 1 aromatic heterocycles. The Morgan fingerprint density at radius 1 is 1.00 bits per heavy atom. The molecule has 142 valence electrons. The lowest BCUT2D eigenvalue weighted by molar-refractivity contribution is 0.678. The van der Waals surface area contributed by atoms with Crippen LogP contribution >= 0.6 is 0 Å². The van der Waals surface area contributed by atoms with Gasteiger partial charge in [0.2, 0.25) is 5.95 Å². The van der Waals surface area contributed by atoms with E-state index in [0.717, 1.165) is 54.4 Å². The number of nitrogens with one attached hydrogen (secondary N) is 1. The van der Waals surface area contributed by atoms with E-state index in [4.69, 9.17) is 4.98 Å². The van der Waals surface area contributed by atoms with Crippen molar-refractivity contribution in [2.75, 3.05) is 23.3 Å². The minimum atomic E-state index is -0.0379. The monoisotopic (exact) mass is 356 g/mol. The van der Waals surface area contributed by atoms with E-state index in [2.05, 4.69) is 57.0 Å². The van der Waals surface area contributed by atoms with Crippen molar-refractivity contribution in [1.82, 2.24) is 9.55 Å². The molecule has 1 N–H and O–H groups in total. The Balaban J connectivity index is 2.50. The summed E-state index contributed by atoms with van der Waals surface area (Å²) in [6.07, 6.45) is 2.05. The van der Waals surface area contributed by atoms with Crippen LogP contribution in [0.4, 0.5) is 17.3 Å². The number of hydrogen-bond acceptors (Lipinski definition) is 4. The van der Waals surface area contributed by atoms with Crippen LogP contribution in [0.3, 0.4) is 0 Å². The van der Waals surface area contributed by atoms with Crippen LogP contribution in [0, 0.1) is 27.7 Å². The molecule has 0 saturated carbocycles. The molecule has 0 saturated heterocycles. The quantitative estimate of drug-likeness (QED) is 0.800. The third-order valence-corrected chi connectivity index (χ3v) is 4.64. The fraction of sp³-hybridized carbons (Fsp3) is 0.524. The SMILES string of the molecule is CCCN(CCC)c1nc(C)c(Nc2c(C)cc(C)cc2C)c(=O)n1C. The van der Waals surface area contributed by atoms with Crippen LogP contribution < -0.4 is 15.8 Å². The van der Waals surface area contributed by atoms with Gasteiger partial charge < -0.3 is 10.2 Å². The van der Waals surface area contributed by atoms with E-state index in [-0.39, 0.29) is 5.56 Å². The lowest BCUT2D eigenvalue weighted by Gasteiger charge is -2.25. The second-order valence-corrected chi connectivity index (χ2v) is 7.12. The standard InChI is InChI=1S/C21H32N4O/c1-8-10-25(11-9-2)21-22-17(6)19(20(26)24(21)7)23-18-15(4)12-14(3)13-16(18)5/h12-13,23H,8-11H2,1-7H3. The lowest BCUT2D eigenvalue weighted by atomic mass is 10.0. The number of hydrogen-bond donors (Lipinski definition) is 1. The average molecular weight is 357 g/mol. The molecule has 0 aliphatic heterocycles. The van der Waals surface area contributed by atoms with Crippen molar-refractivity contribution in [2.24, 2.45) is 7.05 Å². The first-order valence-corrected chi connectivity index (χ1v) is 9.47. The molecule has 0 spiro atoms. The van der Waals surface area contributed by atoms with Crippen molar-refractivity contribution in [1.29, 1.82) is 0 Å². The van der Waals surface area contributed by atoms with E-state index in [0.29, 0.717) is 5.69 Å². The zero-order valence-corrected chi connectivity index (χ0v) is 17.2. The molecule has 0 fully saturated rings. The molecule has 0 aliphatic rings. The molecule has 5 nitrogen and oxygen atoms in total. The highest BCUT2D eigenvalue weighted by Gasteiger charge is 2.17. The van der Waals surface area contributed by atoms with Crippen molar-refractivity contribution < 1.29 is 0 Å². The maximum absolute atomic E-state index is 13.1. The number of anilines is 3. The first-order chi connectivity index (χ1) is 12.3. The summed E-state index contributed by atoms with van der Waals surface area (Å²) in [5.74, 6) is 0.749. The first-order valence-electron chi connectivity index (χ1n) is 9.47. The Hall–Kier alpha value is -2.30. The molecule has 0 bridgehead atoms. The summed E-state index contributed by atoms with van der Waals surface area (Å²) in [7, 11) is 1.81. The number of rotatable bonds is 7. The van der Waals surface area contributed by atoms with E-state index in [9.17, 15) is 4.79 Å². The maximum atomic E-state index is 13.1. The van der Waals surface area contributed by atoms with Crippen LogP contribution in [0.2, 0.25) is 0 Å². The predicted molar refractivity (Wildman–Crippen MR) is 111 cm³/mol. The highest BCUT2D eigenvalue weighted by molar-refractivity contribution is 5.68. The van der Waals surface area contributed by atoms with E-state index in [1.807, 2.05) is 14.0 Å². The smallest absolute Gasteiger partial charge is 0.278 e. The van der Waals surface area contributed by atoms with Crippen LogP contribution in [0.5, 0.6) is 0 Å². The summed E-state index contributed by atoms with van der Waals surface area (Å²) in [4.78, 5) is 20.0. The Kier molecular flexibility index (Phi) is 6.46. The van der Waals surface area contributed by atoms with E-state index in [1.54, 1.807) is 4.57 Å². The fourth-order valence-corrected chi connectivity index (χ4v) is 3.47. The summed E-state index contributed by atoms with van der Waals surface area (Å²) in [6.45, 7) is 14.2. The van der Waals surface area contributed by atoms with E-state index in [1.165, 1.54) is 5.56 Å². The highest BCUT2D eigenvalue weighted by Crippen LogP contribution is 2.26. The van der Waals surface area contributed by atoms with Gasteiger partial charge in [0.15, 0.2) is 0 Å². The average Bonchev–Trinajstić information content (AvgIpc) is 2.56. The van der Waals surface area contributed by atoms with Gasteiger partial charge in [0.25, 0.3) is 5.56 Å². The molecule has 2 aromatic rings. The van der Waals surface area contributed by atoms with Gasteiger partial charge in [-0.1, -0.05) is 31.5 Å². The van der Waals surface area contributed by atoms with Crippen LogP contribution in [0.1, 0.15) is 49.1 Å². The van der Waals surface area contributed by atoms with Gasteiger partial charge in [0.05, 0.1) is 5.69 Å². The third-order valence-electron chi connectivity index (χ3n) is 4.64. The molecule has 0 atom stereocenters. The summed E-state index contributed by atoms with van der Waals surface area (Å²) in [5.41, 5.74) is 5.73. The van der Waals surface area contributed by atoms with Crippen molar-refractivity contribution >= 4 is 17.3 Å². The predicted octanol–water partition coefficient (Wildman–Crippen LogP) is 4.38. The molecular formula is C21H32N4O. The van der Waals surface area contributed by atoms with Gasteiger partial charge in [0.1, 0.15) is 5.69 Å². The number of aromatic nitrogens is 2. The van der Waals surface area contributed by atoms with Gasteiger partial charge in [-0.25, -0.2) is 4.98 Å². The Bertz CT molecular complexity index is 810. The molecular weight excluding hydrogens is 324 g/mol. The van der Waals surface area contributed by atoms with Gasteiger partial charge in [-0.3, -0.25) is 9.36 Å². The minimum Gasteiger partial charge on any atom is -0.349 e. The van der Waals surface area contributed by atoms with Crippen LogP contribution in [-0.4, -0.2) is 22.6 Å². The zero-order chi connectivity index (χ0) is 19.4. The molecule has 0 unspecified atom stereocenters. The molecule has 0 amide bonds. The number of benzene rings is 1. The maximum Gasteiger partial charge on any atom is 0.278 e. The van der Waals surface area contributed by atoms with Gasteiger partial charge in [-0.15, -0.1) is 0 Å². The second kappa shape index (κ2) is 8.39. The number of aryl methyl sites for hydroxylation is 4. The van der Waals surface area contributed by atoms with E-state index < -0.39 is 0 Å². The molecule has 2 rings (SSSR count). The van der Waals surface area contributed by atoms with Crippen molar-refractivity contribution in [3.05, 3.63) is 44.9 Å². The summed E-state index contributed by atoms with van der Waals surface area (Å²) in [6, 6.07) is 4.25. The van der Waals surface area contributed by atoms with Gasteiger partial charge in [0, 0.05) is 25.8 Å². The van der Waals surface area contributed by atoms with Gasteiger partial charge in [-0.2, -0.15) is 0 Å². The molecule has 5 heteroatoms. The van der Waals surface area contributed by atoms with Crippen molar-refractivity contribution in [3.63, 3.8) is 0 Å². The Morgan fingerprint density at radius 2 is 1.54 bits per heavy atom. The van der Waals surface area contributed by atoms with Crippen molar-refractivity contribution in [2.45, 2.75) is 54.4 Å². The van der Waals surface area contributed by atoms with E-state index >= 15 is 0 Å². The van der Waals surface area contributed by atoms with Gasteiger partial charge >= 0.3 is 0 Å². The van der Waals surface area contributed by atoms with Crippen LogP contribution in [-0.2, 0) is 7.05 Å². The molecule has 0 aliphatic carbocycles. The summed E-state index contributed by atoms with van der Waals surface area (Å²) < 4.78 is 1.67. The Labute approximate surface area is 157 Å². The fourth-order valence-electron chi connectivity index (χ4n) is 3.47. The second-order valence-electron chi connectivity index (χ2n) is 7.12. The summed E-state index contributed by atoms with van der Waals surface area (Å²) in [5, 5.41) is 3.36. The molecule has 26 heavy (non-hydrogen) atoms. The minimum absolute atomic E-state index is 0.0379. The lowest BCUT2D eigenvalue weighted by Crippen LogP contribution is -2.34. The normalized spacial score (nSPS) is 10.9. The largest absolute Gasteiger partial charge is 0.349 e. The van der Waals surface area contributed by atoms with Crippen LogP contribution in [0.15, 0.2) is 16.9 Å². The summed E-state index contributed by atoms with van der Waals surface area (Å²) >= 11 is 0. The molecule has 1 heterocycles. The van der Waals surface area contributed by atoms with Gasteiger partial charge in [-0.05, 0) is 51.7 Å². The zero-order valence-electron chi connectivity index (χ0n) is 17.2.